The third kappa shape index (κ3) is 6.89. The Morgan fingerprint density at radius 2 is 1.68 bits per heavy atom. The van der Waals surface area contributed by atoms with Gasteiger partial charge in [-0.15, -0.1) is 11.8 Å². The van der Waals surface area contributed by atoms with Gasteiger partial charge < -0.3 is 14.7 Å². The number of fused-ring (bicyclic) bond motifs is 1. The van der Waals surface area contributed by atoms with Crippen molar-refractivity contribution in [3.05, 3.63) is 71.3 Å². The van der Waals surface area contributed by atoms with Crippen molar-refractivity contribution in [1.82, 2.24) is 15.1 Å². The molecule has 0 radical (unpaired) electrons. The van der Waals surface area contributed by atoms with Crippen LogP contribution in [0, 0.1) is 0 Å². The number of carboxylic acid groups (broad SMARTS) is 1. The fraction of sp³-hybridized carbons (Fsp3) is 0.414. The monoisotopic (exact) mass is 567 g/mol. The zero-order valence-electron chi connectivity index (χ0n) is 22.3. The predicted octanol–water partition coefficient (Wildman–Crippen LogP) is 2.74. The van der Waals surface area contributed by atoms with E-state index >= 15 is 0 Å². The minimum atomic E-state index is -1.11. The number of nitrogens with one attached hydrogen (secondary N) is 1. The maximum Gasteiger partial charge on any atom is 0.323 e. The predicted molar refractivity (Wildman–Crippen MR) is 149 cm³/mol. The summed E-state index contributed by atoms with van der Waals surface area (Å²) < 4.78 is 5.25. The minimum absolute atomic E-state index is 0.114. The van der Waals surface area contributed by atoms with Crippen molar-refractivity contribution in [1.29, 1.82) is 0 Å². The highest BCUT2D eigenvalue weighted by atomic mass is 32.2. The van der Waals surface area contributed by atoms with Gasteiger partial charge in [0.25, 0.3) is 11.8 Å². The number of nitrogens with zero attached hydrogens (tertiary/aromatic N) is 2. The molecule has 0 spiro atoms. The van der Waals surface area contributed by atoms with Crippen LogP contribution in [0.25, 0.3) is 0 Å². The molecule has 2 aromatic carbocycles. The fourth-order valence-electron chi connectivity index (χ4n) is 4.96. The van der Waals surface area contributed by atoms with Crippen molar-refractivity contribution in [2.24, 2.45) is 0 Å². The van der Waals surface area contributed by atoms with E-state index in [4.69, 9.17) is 4.74 Å². The van der Waals surface area contributed by atoms with Gasteiger partial charge in [0.15, 0.2) is 0 Å². The van der Waals surface area contributed by atoms with E-state index in [1.54, 1.807) is 31.2 Å². The number of hydrogen-bond acceptors (Lipinski definition) is 8. The molecule has 2 aliphatic rings. The number of esters is 1. The lowest BCUT2D eigenvalue weighted by molar-refractivity contribution is -0.148. The Hall–Kier alpha value is -3.70. The Labute approximate surface area is 237 Å². The second kappa shape index (κ2) is 13.6. The van der Waals surface area contributed by atoms with Crippen LogP contribution in [0.5, 0.6) is 0 Å². The summed E-state index contributed by atoms with van der Waals surface area (Å²) in [7, 11) is 0. The molecule has 3 atom stereocenters. The number of unbranched alkanes of at least 4 members (excludes halogenated alkanes) is 1. The van der Waals surface area contributed by atoms with Crippen molar-refractivity contribution in [3.8, 4) is 0 Å². The summed E-state index contributed by atoms with van der Waals surface area (Å²) in [6.07, 6.45) is 1.28. The van der Waals surface area contributed by atoms with E-state index in [0.29, 0.717) is 36.1 Å². The van der Waals surface area contributed by atoms with Gasteiger partial charge in [0, 0.05) is 24.1 Å². The molecule has 0 unspecified atom stereocenters. The molecule has 1 saturated heterocycles. The Balaban J connectivity index is 1.40. The highest BCUT2D eigenvalue weighted by molar-refractivity contribution is 7.99. The van der Waals surface area contributed by atoms with Crippen LogP contribution < -0.4 is 5.32 Å². The van der Waals surface area contributed by atoms with Crippen LogP contribution in [0.2, 0.25) is 0 Å². The first-order valence-corrected chi connectivity index (χ1v) is 14.4. The normalized spacial score (nSPS) is 19.8. The van der Waals surface area contributed by atoms with Gasteiger partial charge in [-0.05, 0) is 43.9 Å². The number of carboxylic acids is 1. The van der Waals surface area contributed by atoms with Crippen LogP contribution in [0.1, 0.15) is 57.7 Å². The largest absolute Gasteiger partial charge is 0.480 e. The van der Waals surface area contributed by atoms with E-state index < -0.39 is 30.6 Å². The average molecular weight is 568 g/mol. The van der Waals surface area contributed by atoms with Crippen molar-refractivity contribution in [3.63, 3.8) is 0 Å². The molecule has 0 aliphatic carbocycles. The van der Waals surface area contributed by atoms with Gasteiger partial charge in [-0.1, -0.05) is 42.5 Å². The fourth-order valence-corrected chi connectivity index (χ4v) is 6.26. The Kier molecular flexibility index (Phi) is 9.94. The van der Waals surface area contributed by atoms with Gasteiger partial charge >= 0.3 is 11.9 Å². The SMILES string of the molecule is CCOC(=O)[C@H](CCCCN1C(=O)c2ccccc2C1=O)N[C@H]1CS[C@H](c2ccccc2)CN(CC(=O)O)C1=O. The van der Waals surface area contributed by atoms with Crippen molar-refractivity contribution in [2.45, 2.75) is 43.5 Å². The summed E-state index contributed by atoms with van der Waals surface area (Å²) in [5.74, 6) is -2.30. The molecule has 0 saturated carbocycles. The number of ether oxygens (including phenoxy) is 1. The first-order valence-electron chi connectivity index (χ1n) is 13.3. The van der Waals surface area contributed by atoms with Crippen LogP contribution in [0.3, 0.4) is 0 Å². The maximum absolute atomic E-state index is 13.4. The molecule has 10 nitrogen and oxygen atoms in total. The third-order valence-corrected chi connectivity index (χ3v) is 8.28. The molecule has 0 aromatic heterocycles. The smallest absolute Gasteiger partial charge is 0.323 e. The van der Waals surface area contributed by atoms with E-state index in [2.05, 4.69) is 5.32 Å². The van der Waals surface area contributed by atoms with E-state index in [-0.39, 0.29) is 42.7 Å². The summed E-state index contributed by atoms with van der Waals surface area (Å²) >= 11 is 1.53. The molecule has 2 aliphatic heterocycles. The van der Waals surface area contributed by atoms with E-state index in [0.717, 1.165) is 5.56 Å². The lowest BCUT2D eigenvalue weighted by Crippen LogP contribution is -2.53. The average Bonchev–Trinajstić information content (AvgIpc) is 3.09. The highest BCUT2D eigenvalue weighted by Gasteiger charge is 2.37. The number of benzene rings is 2. The van der Waals surface area contributed by atoms with Gasteiger partial charge in [0.1, 0.15) is 12.6 Å². The number of carbonyl (C=O) groups is 5. The molecular weight excluding hydrogens is 534 g/mol. The summed E-state index contributed by atoms with van der Waals surface area (Å²) in [5, 5.41) is 12.5. The Morgan fingerprint density at radius 3 is 2.30 bits per heavy atom. The van der Waals surface area contributed by atoms with Crippen LogP contribution in [0.15, 0.2) is 54.6 Å². The number of aliphatic carboxylic acids is 1. The number of thioether (sulfide) groups is 1. The molecule has 1 fully saturated rings. The van der Waals surface area contributed by atoms with Crippen molar-refractivity contribution < 1.29 is 33.8 Å². The van der Waals surface area contributed by atoms with Gasteiger partial charge in [-0.3, -0.25) is 34.2 Å². The van der Waals surface area contributed by atoms with Gasteiger partial charge in [-0.25, -0.2) is 0 Å². The maximum atomic E-state index is 13.4. The van der Waals surface area contributed by atoms with E-state index in [1.807, 2.05) is 30.3 Å². The molecule has 0 bridgehead atoms. The quantitative estimate of drug-likeness (QED) is 0.226. The first-order chi connectivity index (χ1) is 19.3. The summed E-state index contributed by atoms with van der Waals surface area (Å²) in [6, 6.07) is 14.7. The summed E-state index contributed by atoms with van der Waals surface area (Å²) in [6.45, 7) is 1.88. The zero-order chi connectivity index (χ0) is 28.6. The number of rotatable bonds is 12. The molecule has 2 aromatic rings. The number of amides is 3. The summed E-state index contributed by atoms with van der Waals surface area (Å²) in [4.78, 5) is 65.6. The standard InChI is InChI=1S/C29H33N3O7S/c1-2-39-29(38)22(14-8-9-15-32-26(35)20-12-6-7-13-21(20)27(32)36)30-23-18-40-24(19-10-4-3-5-11-19)16-31(28(23)37)17-25(33)34/h3-7,10-13,22-24,30H,2,8-9,14-18H2,1H3,(H,33,34)/t22-,23-,24-/m0/s1. The van der Waals surface area contributed by atoms with Crippen LogP contribution in [0.4, 0.5) is 0 Å². The number of hydrogen-bond donors (Lipinski definition) is 2. The van der Waals surface area contributed by atoms with Crippen LogP contribution in [-0.4, -0.2) is 88.6 Å². The molecule has 2 N–H and O–H groups in total. The molecule has 212 valence electrons. The lowest BCUT2D eigenvalue weighted by atomic mass is 10.1. The third-order valence-electron chi connectivity index (χ3n) is 6.93. The first kappa shape index (κ1) is 29.3. The Bertz CT molecular complexity index is 1220. The number of carbonyl (C=O) groups excluding carboxylic acids is 4. The minimum Gasteiger partial charge on any atom is -0.480 e. The zero-order valence-corrected chi connectivity index (χ0v) is 23.1. The molecule has 3 amide bonds. The molecule has 40 heavy (non-hydrogen) atoms. The van der Waals surface area contributed by atoms with E-state index in [9.17, 15) is 29.1 Å². The highest BCUT2D eigenvalue weighted by Crippen LogP contribution is 2.33. The van der Waals surface area contributed by atoms with Crippen LogP contribution >= 0.6 is 11.8 Å². The van der Waals surface area contributed by atoms with Gasteiger partial charge in [0.05, 0.1) is 23.8 Å². The second-order valence-electron chi connectivity index (χ2n) is 9.67. The van der Waals surface area contributed by atoms with Gasteiger partial charge in [-0.2, -0.15) is 0 Å². The molecular formula is C29H33N3O7S. The van der Waals surface area contributed by atoms with Crippen molar-refractivity contribution in [2.75, 3.05) is 32.0 Å². The van der Waals surface area contributed by atoms with Gasteiger partial charge in [0.2, 0.25) is 5.91 Å². The number of imide groups is 1. The van der Waals surface area contributed by atoms with E-state index in [1.165, 1.54) is 21.6 Å². The molecule has 11 heteroatoms. The lowest BCUT2D eigenvalue weighted by Gasteiger charge is -2.27. The Morgan fingerprint density at radius 1 is 1.02 bits per heavy atom. The molecule has 2 heterocycles. The van der Waals surface area contributed by atoms with Crippen molar-refractivity contribution >= 4 is 41.4 Å². The topological polar surface area (TPSA) is 133 Å². The summed E-state index contributed by atoms with van der Waals surface area (Å²) in [5.41, 5.74) is 1.77. The molecule has 4 rings (SSSR count). The second-order valence-corrected chi connectivity index (χ2v) is 10.9. The van der Waals surface area contributed by atoms with Crippen LogP contribution in [-0.2, 0) is 19.1 Å².